The molecule has 140 valence electrons. The first-order valence-electron chi connectivity index (χ1n) is 9.49. The highest BCUT2D eigenvalue weighted by Gasteiger charge is 2.20. The molecule has 0 bridgehead atoms. The van der Waals surface area contributed by atoms with E-state index in [1.165, 1.54) is 16.1 Å². The van der Waals surface area contributed by atoms with E-state index in [-0.39, 0.29) is 0 Å². The van der Waals surface area contributed by atoms with Crippen molar-refractivity contribution >= 4 is 22.3 Å². The van der Waals surface area contributed by atoms with Crippen LogP contribution in [0.5, 0.6) is 0 Å². The van der Waals surface area contributed by atoms with Crippen LogP contribution in [0.4, 0.5) is 5.00 Å². The van der Waals surface area contributed by atoms with Gasteiger partial charge in [0.2, 0.25) is 0 Å². The van der Waals surface area contributed by atoms with Crippen LogP contribution in [0.3, 0.4) is 0 Å². The number of nitrogens with one attached hydrogen (secondary N) is 2. The van der Waals surface area contributed by atoms with Crippen LogP contribution in [0.25, 0.3) is 0 Å². The molecular weight excluding hydrogens is 342 g/mol. The third-order valence-electron chi connectivity index (χ3n) is 4.79. The molecule has 2 aromatic heterocycles. The number of thiophene rings is 1. The number of pyridine rings is 1. The summed E-state index contributed by atoms with van der Waals surface area (Å²) in [6.07, 6.45) is 7.01. The predicted molar refractivity (Wildman–Crippen MR) is 111 cm³/mol. The minimum absolute atomic E-state index is 0.492. The molecule has 0 aliphatic carbocycles. The van der Waals surface area contributed by atoms with E-state index >= 15 is 0 Å². The minimum Gasteiger partial charge on any atom is -0.363 e. The van der Waals surface area contributed by atoms with E-state index in [9.17, 15) is 0 Å². The number of hydrogen-bond donors (Lipinski definition) is 2. The number of nitrogens with zero attached hydrogens (tertiary/aromatic N) is 3. The molecule has 5 nitrogen and oxygen atoms in total. The molecule has 0 atom stereocenters. The maximum Gasteiger partial charge on any atom is 0.191 e. The molecule has 0 amide bonds. The van der Waals surface area contributed by atoms with Gasteiger partial charge in [0.15, 0.2) is 5.96 Å². The second-order valence-corrected chi connectivity index (χ2v) is 7.60. The van der Waals surface area contributed by atoms with Gasteiger partial charge in [0.05, 0.1) is 5.00 Å². The molecule has 26 heavy (non-hydrogen) atoms. The topological polar surface area (TPSA) is 52.6 Å². The molecule has 1 saturated heterocycles. The number of rotatable bonds is 6. The first-order valence-corrected chi connectivity index (χ1v) is 10.4. The number of guanidine groups is 1. The highest BCUT2D eigenvalue weighted by atomic mass is 32.1. The van der Waals surface area contributed by atoms with Crippen molar-refractivity contribution in [3.63, 3.8) is 0 Å². The molecule has 1 fully saturated rings. The van der Waals surface area contributed by atoms with Crippen molar-refractivity contribution in [3.05, 3.63) is 47.1 Å². The number of piperidine rings is 1. The first-order chi connectivity index (χ1) is 12.8. The summed E-state index contributed by atoms with van der Waals surface area (Å²) in [4.78, 5) is 11.4. The number of aryl methyl sites for hydroxylation is 1. The standard InChI is InChI=1S/C20H29N5S/c1-3-22-20(23-11-7-17-6-10-21-15-16(17)2)24-18-8-12-25(13-9-18)19-5-4-14-26-19/h4-6,10,14-15,18H,3,7-9,11-13H2,1-2H3,(H2,22,23,24). The summed E-state index contributed by atoms with van der Waals surface area (Å²) in [7, 11) is 0. The zero-order valence-electron chi connectivity index (χ0n) is 15.7. The third kappa shape index (κ3) is 5.21. The summed E-state index contributed by atoms with van der Waals surface area (Å²) in [5.74, 6) is 0.939. The highest BCUT2D eigenvalue weighted by Crippen LogP contribution is 2.24. The molecule has 1 aliphatic heterocycles. The van der Waals surface area contributed by atoms with E-state index in [1.54, 1.807) is 0 Å². The second-order valence-electron chi connectivity index (χ2n) is 6.67. The van der Waals surface area contributed by atoms with Gasteiger partial charge in [-0.25, -0.2) is 0 Å². The van der Waals surface area contributed by atoms with Crippen molar-refractivity contribution in [3.8, 4) is 0 Å². The first kappa shape index (κ1) is 18.7. The Kier molecular flexibility index (Phi) is 6.89. The van der Waals surface area contributed by atoms with Gasteiger partial charge >= 0.3 is 0 Å². The van der Waals surface area contributed by atoms with Crippen LogP contribution in [0.15, 0.2) is 41.0 Å². The zero-order valence-corrected chi connectivity index (χ0v) is 16.6. The van der Waals surface area contributed by atoms with Crippen LogP contribution in [0.2, 0.25) is 0 Å². The summed E-state index contributed by atoms with van der Waals surface area (Å²) in [5.41, 5.74) is 2.56. The molecule has 3 heterocycles. The summed E-state index contributed by atoms with van der Waals surface area (Å²) in [6, 6.07) is 6.92. The Labute approximate surface area is 160 Å². The van der Waals surface area contributed by atoms with Crippen LogP contribution in [0, 0.1) is 6.92 Å². The fraction of sp³-hybridized carbons (Fsp3) is 0.500. The van der Waals surface area contributed by atoms with Gasteiger partial charge in [-0.2, -0.15) is 0 Å². The number of anilines is 1. The van der Waals surface area contributed by atoms with E-state index in [0.29, 0.717) is 6.04 Å². The Balaban J connectivity index is 1.49. The molecule has 1 aliphatic rings. The van der Waals surface area contributed by atoms with Crippen molar-refractivity contribution in [2.75, 3.05) is 31.1 Å². The lowest BCUT2D eigenvalue weighted by Crippen LogP contribution is -2.48. The quantitative estimate of drug-likeness (QED) is 0.605. The van der Waals surface area contributed by atoms with Crippen LogP contribution < -0.4 is 15.5 Å². The van der Waals surface area contributed by atoms with E-state index in [4.69, 9.17) is 4.99 Å². The molecule has 0 saturated carbocycles. The molecule has 2 N–H and O–H groups in total. The van der Waals surface area contributed by atoms with E-state index < -0.39 is 0 Å². The van der Waals surface area contributed by atoms with Crippen molar-refractivity contribution in [1.82, 2.24) is 15.6 Å². The van der Waals surface area contributed by atoms with Gasteiger partial charge in [0.1, 0.15) is 0 Å². The molecular formula is C20H29N5S. The molecule has 0 unspecified atom stereocenters. The van der Waals surface area contributed by atoms with Crippen LogP contribution in [-0.2, 0) is 6.42 Å². The average Bonchev–Trinajstić information content (AvgIpc) is 3.19. The molecule has 3 rings (SSSR count). The fourth-order valence-corrected chi connectivity index (χ4v) is 4.06. The van der Waals surface area contributed by atoms with Gasteiger partial charge in [0.25, 0.3) is 0 Å². The largest absolute Gasteiger partial charge is 0.363 e. The van der Waals surface area contributed by atoms with Gasteiger partial charge in [-0.05, 0) is 67.8 Å². The number of aliphatic imine (C=N–C) groups is 1. The normalized spacial score (nSPS) is 15.9. The van der Waals surface area contributed by atoms with Gasteiger partial charge in [-0.15, -0.1) is 11.3 Å². The maximum atomic E-state index is 4.78. The summed E-state index contributed by atoms with van der Waals surface area (Å²) >= 11 is 1.83. The van der Waals surface area contributed by atoms with E-state index in [0.717, 1.165) is 51.4 Å². The van der Waals surface area contributed by atoms with Crippen LogP contribution >= 0.6 is 11.3 Å². The van der Waals surface area contributed by atoms with Gasteiger partial charge in [-0.1, -0.05) is 0 Å². The zero-order chi connectivity index (χ0) is 18.2. The Morgan fingerprint density at radius 3 is 2.88 bits per heavy atom. The predicted octanol–water partition coefficient (Wildman–Crippen LogP) is 3.22. The highest BCUT2D eigenvalue weighted by molar-refractivity contribution is 7.14. The minimum atomic E-state index is 0.492. The lowest BCUT2D eigenvalue weighted by Gasteiger charge is -2.33. The Hall–Kier alpha value is -2.08. The van der Waals surface area contributed by atoms with Gasteiger partial charge in [0, 0.05) is 44.6 Å². The summed E-state index contributed by atoms with van der Waals surface area (Å²) in [6.45, 7) is 8.10. The van der Waals surface area contributed by atoms with Gasteiger partial charge < -0.3 is 15.5 Å². The van der Waals surface area contributed by atoms with Crippen LogP contribution in [-0.4, -0.2) is 43.2 Å². The Bertz CT molecular complexity index is 690. The third-order valence-corrected chi connectivity index (χ3v) is 5.71. The van der Waals surface area contributed by atoms with E-state index in [1.807, 2.05) is 23.7 Å². The average molecular weight is 372 g/mol. The number of hydrogen-bond acceptors (Lipinski definition) is 4. The lowest BCUT2D eigenvalue weighted by atomic mass is 10.1. The Morgan fingerprint density at radius 1 is 1.35 bits per heavy atom. The van der Waals surface area contributed by atoms with Gasteiger partial charge in [-0.3, -0.25) is 9.98 Å². The SMILES string of the molecule is CCNC(=NCCc1ccncc1C)NC1CCN(c2cccs2)CC1. The lowest BCUT2D eigenvalue weighted by molar-refractivity contribution is 0.463. The molecule has 6 heteroatoms. The molecule has 0 radical (unpaired) electrons. The summed E-state index contributed by atoms with van der Waals surface area (Å²) in [5, 5.41) is 10.6. The van der Waals surface area contributed by atoms with Crippen molar-refractivity contribution < 1.29 is 0 Å². The molecule has 2 aromatic rings. The Morgan fingerprint density at radius 2 is 2.19 bits per heavy atom. The van der Waals surface area contributed by atoms with E-state index in [2.05, 4.69) is 57.9 Å². The number of aromatic nitrogens is 1. The van der Waals surface area contributed by atoms with Crippen LogP contribution in [0.1, 0.15) is 30.9 Å². The second kappa shape index (κ2) is 9.57. The van der Waals surface area contributed by atoms with Crippen molar-refractivity contribution in [2.24, 2.45) is 4.99 Å². The smallest absolute Gasteiger partial charge is 0.191 e. The molecule has 0 aromatic carbocycles. The van der Waals surface area contributed by atoms with Crippen molar-refractivity contribution in [1.29, 1.82) is 0 Å². The fourth-order valence-electron chi connectivity index (χ4n) is 3.28. The van der Waals surface area contributed by atoms with Crippen molar-refractivity contribution in [2.45, 2.75) is 39.2 Å². The monoisotopic (exact) mass is 371 g/mol. The summed E-state index contributed by atoms with van der Waals surface area (Å²) < 4.78 is 0. The molecule has 0 spiro atoms. The maximum absolute atomic E-state index is 4.78.